The summed E-state index contributed by atoms with van der Waals surface area (Å²) in [5.41, 5.74) is 0.263. The van der Waals surface area contributed by atoms with Crippen molar-refractivity contribution in [2.24, 2.45) is 0 Å². The van der Waals surface area contributed by atoms with Crippen LogP contribution in [0.1, 0.15) is 35.5 Å². The fourth-order valence-corrected chi connectivity index (χ4v) is 4.86. The molecule has 1 aliphatic heterocycles. The highest BCUT2D eigenvalue weighted by Crippen LogP contribution is 2.29. The van der Waals surface area contributed by atoms with Crippen molar-refractivity contribution in [2.75, 3.05) is 13.1 Å². The van der Waals surface area contributed by atoms with E-state index in [-0.39, 0.29) is 18.4 Å². The Balaban J connectivity index is 1.67. The summed E-state index contributed by atoms with van der Waals surface area (Å²) in [6.07, 6.45) is -3.49. The third-order valence-electron chi connectivity index (χ3n) is 4.59. The molecule has 29 heavy (non-hydrogen) atoms. The van der Waals surface area contributed by atoms with Crippen LogP contribution in [0.15, 0.2) is 30.3 Å². The summed E-state index contributed by atoms with van der Waals surface area (Å²) in [4.78, 5) is 8.40. The number of halogens is 3. The highest BCUT2D eigenvalue weighted by molar-refractivity contribution is 7.88. The summed E-state index contributed by atoms with van der Waals surface area (Å²) in [7, 11) is -3.69. The lowest BCUT2D eigenvalue weighted by molar-refractivity contribution is -0.137. The Morgan fingerprint density at radius 3 is 2.48 bits per heavy atom. The molecule has 6 nitrogen and oxygen atoms in total. The molecule has 1 aromatic heterocycles. The van der Waals surface area contributed by atoms with Gasteiger partial charge in [-0.25, -0.2) is 13.4 Å². The van der Waals surface area contributed by atoms with Gasteiger partial charge in [0.05, 0.1) is 17.9 Å². The molecular formula is C19H22F3N3O3S. The molecule has 2 heterocycles. The van der Waals surface area contributed by atoms with E-state index in [0.29, 0.717) is 36.7 Å². The molecule has 1 saturated heterocycles. The van der Waals surface area contributed by atoms with Gasteiger partial charge in [0.25, 0.3) is 0 Å². The zero-order valence-electron chi connectivity index (χ0n) is 16.1. The molecule has 1 aromatic carbocycles. The molecule has 0 radical (unpaired) electrons. The van der Waals surface area contributed by atoms with Gasteiger partial charge in [-0.2, -0.15) is 22.5 Å². The van der Waals surface area contributed by atoms with Crippen molar-refractivity contribution >= 4 is 10.0 Å². The van der Waals surface area contributed by atoms with Gasteiger partial charge in [-0.05, 0) is 44.4 Å². The molecule has 0 bridgehead atoms. The summed E-state index contributed by atoms with van der Waals surface area (Å²) in [5, 5.41) is 0. The summed E-state index contributed by atoms with van der Waals surface area (Å²) < 4.78 is 70.7. The summed E-state index contributed by atoms with van der Waals surface area (Å²) in [6.45, 7) is 4.10. The molecule has 1 atom stereocenters. The van der Waals surface area contributed by atoms with Crippen molar-refractivity contribution < 1.29 is 26.3 Å². The van der Waals surface area contributed by atoms with Gasteiger partial charge >= 0.3 is 6.18 Å². The highest BCUT2D eigenvalue weighted by atomic mass is 32.2. The fraction of sp³-hybridized carbons (Fsp3) is 0.474. The molecule has 2 aromatic rings. The molecule has 10 heteroatoms. The Hall–Kier alpha value is -2.20. The van der Waals surface area contributed by atoms with Crippen LogP contribution in [0.2, 0.25) is 0 Å². The van der Waals surface area contributed by atoms with Crippen LogP contribution in [0.25, 0.3) is 0 Å². The Morgan fingerprint density at radius 2 is 1.86 bits per heavy atom. The molecule has 1 aliphatic rings. The van der Waals surface area contributed by atoms with Gasteiger partial charge in [0, 0.05) is 18.3 Å². The monoisotopic (exact) mass is 429 g/mol. The average Bonchev–Trinajstić information content (AvgIpc) is 2.60. The van der Waals surface area contributed by atoms with Gasteiger partial charge in [-0.15, -0.1) is 0 Å². The maximum absolute atomic E-state index is 12.8. The lowest BCUT2D eigenvalue weighted by Crippen LogP contribution is -2.44. The van der Waals surface area contributed by atoms with Crippen molar-refractivity contribution in [1.82, 2.24) is 14.3 Å². The number of hydrogen-bond acceptors (Lipinski definition) is 5. The van der Waals surface area contributed by atoms with Crippen LogP contribution in [0.5, 0.6) is 5.88 Å². The van der Waals surface area contributed by atoms with E-state index in [1.54, 1.807) is 13.0 Å². The second-order valence-electron chi connectivity index (χ2n) is 7.09. The Bertz CT molecular complexity index is 943. The van der Waals surface area contributed by atoms with E-state index in [2.05, 4.69) is 9.97 Å². The standard InChI is InChI=1S/C19H22F3N3O3S/c1-13-10-18(24-14(2)23-13)28-17-4-3-9-25(11-17)29(26,27)12-15-5-7-16(8-6-15)19(20,21)22/h5-8,10,17H,3-4,9,11-12H2,1-2H3. The van der Waals surface area contributed by atoms with Crippen molar-refractivity contribution in [2.45, 2.75) is 44.7 Å². The zero-order chi connectivity index (χ0) is 21.2. The van der Waals surface area contributed by atoms with E-state index in [1.165, 1.54) is 16.4 Å². The smallest absolute Gasteiger partial charge is 0.416 e. The van der Waals surface area contributed by atoms with Crippen LogP contribution in [-0.2, 0) is 22.0 Å². The number of alkyl halides is 3. The lowest BCUT2D eigenvalue weighted by atomic mass is 10.1. The van der Waals surface area contributed by atoms with Crippen LogP contribution in [-0.4, -0.2) is 41.9 Å². The second-order valence-corrected chi connectivity index (χ2v) is 9.05. The summed E-state index contributed by atoms with van der Waals surface area (Å²) in [6, 6.07) is 5.89. The topological polar surface area (TPSA) is 72.4 Å². The number of rotatable bonds is 5. The predicted molar refractivity (Wildman–Crippen MR) is 101 cm³/mol. The maximum Gasteiger partial charge on any atom is 0.416 e. The average molecular weight is 429 g/mol. The SMILES string of the molecule is Cc1cc(OC2CCCN(S(=O)(=O)Cc3ccc(C(F)(F)F)cc3)C2)nc(C)n1. The quantitative estimate of drug-likeness (QED) is 0.728. The number of benzene rings is 1. The molecule has 1 unspecified atom stereocenters. The molecule has 3 rings (SSSR count). The van der Waals surface area contributed by atoms with E-state index in [4.69, 9.17) is 4.74 Å². The zero-order valence-corrected chi connectivity index (χ0v) is 16.9. The van der Waals surface area contributed by atoms with E-state index in [0.717, 1.165) is 17.8 Å². The maximum atomic E-state index is 12.8. The first-order chi connectivity index (χ1) is 13.5. The van der Waals surface area contributed by atoms with E-state index >= 15 is 0 Å². The first-order valence-electron chi connectivity index (χ1n) is 9.16. The highest BCUT2D eigenvalue weighted by Gasteiger charge is 2.32. The van der Waals surface area contributed by atoms with Crippen molar-refractivity contribution in [3.05, 3.63) is 53.0 Å². The van der Waals surface area contributed by atoms with E-state index in [9.17, 15) is 21.6 Å². The molecule has 0 spiro atoms. The molecule has 0 amide bonds. The molecule has 0 aliphatic carbocycles. The number of sulfonamides is 1. The third-order valence-corrected chi connectivity index (χ3v) is 6.41. The molecule has 1 fully saturated rings. The van der Waals surface area contributed by atoms with Crippen LogP contribution >= 0.6 is 0 Å². The number of nitrogens with zero attached hydrogens (tertiary/aromatic N) is 3. The summed E-state index contributed by atoms with van der Waals surface area (Å²) in [5.74, 6) is 0.619. The summed E-state index contributed by atoms with van der Waals surface area (Å²) >= 11 is 0. The first-order valence-corrected chi connectivity index (χ1v) is 10.8. The number of ether oxygens (including phenoxy) is 1. The normalized spacial score (nSPS) is 18.6. The minimum atomic E-state index is -4.45. The van der Waals surface area contributed by atoms with Gasteiger partial charge in [0.1, 0.15) is 11.9 Å². The van der Waals surface area contributed by atoms with Gasteiger partial charge in [0.15, 0.2) is 0 Å². The Kier molecular flexibility index (Phi) is 6.13. The fourth-order valence-electron chi connectivity index (χ4n) is 3.26. The second kappa shape index (κ2) is 8.27. The molecule has 0 N–H and O–H groups in total. The van der Waals surface area contributed by atoms with E-state index < -0.39 is 21.8 Å². The number of hydrogen-bond donors (Lipinski definition) is 0. The van der Waals surface area contributed by atoms with Gasteiger partial charge < -0.3 is 4.74 Å². The minimum absolute atomic E-state index is 0.172. The van der Waals surface area contributed by atoms with Crippen LogP contribution in [0, 0.1) is 13.8 Å². The van der Waals surface area contributed by atoms with E-state index in [1.807, 2.05) is 6.92 Å². The van der Waals surface area contributed by atoms with Gasteiger partial charge in [-0.1, -0.05) is 12.1 Å². The minimum Gasteiger partial charge on any atom is -0.473 e. The van der Waals surface area contributed by atoms with Crippen molar-refractivity contribution in [3.8, 4) is 5.88 Å². The van der Waals surface area contributed by atoms with Crippen molar-refractivity contribution in [3.63, 3.8) is 0 Å². The largest absolute Gasteiger partial charge is 0.473 e. The van der Waals surface area contributed by atoms with Gasteiger partial charge in [0.2, 0.25) is 15.9 Å². The van der Waals surface area contributed by atoms with Crippen LogP contribution < -0.4 is 4.74 Å². The van der Waals surface area contributed by atoms with Crippen LogP contribution in [0.3, 0.4) is 0 Å². The third kappa shape index (κ3) is 5.66. The Morgan fingerprint density at radius 1 is 1.17 bits per heavy atom. The predicted octanol–water partition coefficient (Wildman–Crippen LogP) is 3.49. The number of aryl methyl sites for hydroxylation is 2. The number of piperidine rings is 1. The van der Waals surface area contributed by atoms with Gasteiger partial charge in [-0.3, -0.25) is 0 Å². The van der Waals surface area contributed by atoms with Crippen LogP contribution in [0.4, 0.5) is 13.2 Å². The lowest BCUT2D eigenvalue weighted by Gasteiger charge is -2.32. The Labute approximate surface area is 167 Å². The van der Waals surface area contributed by atoms with Crippen molar-refractivity contribution in [1.29, 1.82) is 0 Å². The molecule has 0 saturated carbocycles. The molecular weight excluding hydrogens is 407 g/mol. The number of aromatic nitrogens is 2. The first kappa shape index (κ1) is 21.5. The molecule has 158 valence electrons.